The van der Waals surface area contributed by atoms with E-state index in [0.29, 0.717) is 34.5 Å². The van der Waals surface area contributed by atoms with Crippen LogP contribution in [0.15, 0.2) is 47.4 Å². The molecule has 134 valence electrons. The Bertz CT molecular complexity index is 1040. The monoisotopic (exact) mass is 370 g/mol. The third kappa shape index (κ3) is 3.73. The highest BCUT2D eigenvalue weighted by atomic mass is 35.5. The molecule has 6 heteroatoms. The summed E-state index contributed by atoms with van der Waals surface area (Å²) in [5.41, 5.74) is 2.60. The van der Waals surface area contributed by atoms with Crippen molar-refractivity contribution in [3.8, 4) is 11.5 Å². The Morgan fingerprint density at radius 3 is 2.77 bits per heavy atom. The number of nitrogens with zero attached hydrogens (tertiary/aromatic N) is 2. The fraction of sp³-hybridized carbons (Fsp3) is 0.200. The van der Waals surface area contributed by atoms with E-state index >= 15 is 0 Å². The Balaban J connectivity index is 2.01. The van der Waals surface area contributed by atoms with Gasteiger partial charge in [-0.25, -0.2) is 4.98 Å². The van der Waals surface area contributed by atoms with Crippen LogP contribution in [0.5, 0.6) is 11.5 Å². The smallest absolute Gasteiger partial charge is 0.258 e. The first-order valence-corrected chi connectivity index (χ1v) is 8.58. The number of aromatic nitrogens is 2. The molecular weight excluding hydrogens is 352 g/mol. The molecule has 0 spiro atoms. The number of hydrogen-bond acceptors (Lipinski definition) is 4. The fourth-order valence-electron chi connectivity index (χ4n) is 2.60. The molecule has 0 saturated heterocycles. The van der Waals surface area contributed by atoms with Crippen molar-refractivity contribution in [2.45, 2.75) is 13.8 Å². The zero-order chi connectivity index (χ0) is 18.7. The second-order valence-electron chi connectivity index (χ2n) is 5.75. The van der Waals surface area contributed by atoms with Crippen LogP contribution in [0.1, 0.15) is 23.7 Å². The molecule has 26 heavy (non-hydrogen) atoms. The van der Waals surface area contributed by atoms with Crippen LogP contribution in [0.4, 0.5) is 0 Å². The molecule has 0 aliphatic carbocycles. The van der Waals surface area contributed by atoms with Gasteiger partial charge in [-0.15, -0.1) is 0 Å². The quantitative estimate of drug-likeness (QED) is 0.677. The molecule has 0 bridgehead atoms. The topological polar surface area (TPSA) is 52.8 Å². The first-order valence-electron chi connectivity index (χ1n) is 8.20. The van der Waals surface area contributed by atoms with Gasteiger partial charge in [-0.05, 0) is 49.2 Å². The van der Waals surface area contributed by atoms with Crippen molar-refractivity contribution in [3.05, 3.63) is 69.8 Å². The van der Waals surface area contributed by atoms with Crippen molar-refractivity contribution in [1.82, 2.24) is 9.38 Å². The Morgan fingerprint density at radius 1 is 1.23 bits per heavy atom. The standard InChI is InChI=1S/C20H19ClN2O3/c1-4-26-17-7-6-14(10-18(17)25-3)9-15(21)16-11-20(24)23-12-13(2)5-8-19(23)22-16/h5-12H,4H2,1-3H3/b15-9-. The lowest BCUT2D eigenvalue weighted by atomic mass is 10.1. The molecule has 0 aliphatic rings. The molecule has 5 nitrogen and oxygen atoms in total. The highest BCUT2D eigenvalue weighted by Crippen LogP contribution is 2.30. The van der Waals surface area contributed by atoms with E-state index in [1.54, 1.807) is 25.4 Å². The summed E-state index contributed by atoms with van der Waals surface area (Å²) in [7, 11) is 1.58. The normalized spacial score (nSPS) is 11.6. The van der Waals surface area contributed by atoms with Crippen LogP contribution in [0.25, 0.3) is 16.8 Å². The fourth-order valence-corrected chi connectivity index (χ4v) is 2.82. The summed E-state index contributed by atoms with van der Waals surface area (Å²) in [6.45, 7) is 4.39. The number of halogens is 1. The van der Waals surface area contributed by atoms with E-state index in [1.807, 2.05) is 38.1 Å². The molecular formula is C20H19ClN2O3. The average Bonchev–Trinajstić information content (AvgIpc) is 2.63. The summed E-state index contributed by atoms with van der Waals surface area (Å²) in [5, 5.41) is 0.372. The highest BCUT2D eigenvalue weighted by molar-refractivity contribution is 6.51. The SMILES string of the molecule is CCOc1ccc(/C=C(\Cl)c2cc(=O)n3cc(C)ccc3n2)cc1OC. The minimum Gasteiger partial charge on any atom is -0.493 e. The molecule has 0 atom stereocenters. The van der Waals surface area contributed by atoms with Crippen LogP contribution in [-0.2, 0) is 0 Å². The number of aryl methyl sites for hydroxylation is 1. The molecule has 1 aromatic carbocycles. The molecule has 3 aromatic rings. The minimum absolute atomic E-state index is 0.176. The van der Waals surface area contributed by atoms with Gasteiger partial charge in [-0.2, -0.15) is 0 Å². The lowest BCUT2D eigenvalue weighted by Gasteiger charge is -2.10. The van der Waals surface area contributed by atoms with E-state index in [4.69, 9.17) is 21.1 Å². The largest absolute Gasteiger partial charge is 0.493 e. The van der Waals surface area contributed by atoms with E-state index in [1.165, 1.54) is 10.5 Å². The molecule has 0 saturated carbocycles. The van der Waals surface area contributed by atoms with Gasteiger partial charge in [0.25, 0.3) is 5.56 Å². The highest BCUT2D eigenvalue weighted by Gasteiger charge is 2.08. The van der Waals surface area contributed by atoms with Crippen molar-refractivity contribution in [2.24, 2.45) is 0 Å². The van der Waals surface area contributed by atoms with Gasteiger partial charge in [-0.1, -0.05) is 23.7 Å². The van der Waals surface area contributed by atoms with Gasteiger partial charge in [0, 0.05) is 12.3 Å². The second-order valence-corrected chi connectivity index (χ2v) is 6.16. The first-order chi connectivity index (χ1) is 12.5. The lowest BCUT2D eigenvalue weighted by Crippen LogP contribution is -2.15. The number of methoxy groups -OCH3 is 1. The van der Waals surface area contributed by atoms with E-state index in [2.05, 4.69) is 4.98 Å². The van der Waals surface area contributed by atoms with Crippen LogP contribution < -0.4 is 15.0 Å². The van der Waals surface area contributed by atoms with E-state index in [-0.39, 0.29) is 5.56 Å². The molecule has 0 amide bonds. The molecule has 0 radical (unpaired) electrons. The Labute approximate surface area is 156 Å². The number of hydrogen-bond donors (Lipinski definition) is 0. The minimum atomic E-state index is -0.176. The van der Waals surface area contributed by atoms with Crippen LogP contribution in [0, 0.1) is 6.92 Å². The Hall–Kier alpha value is -2.79. The first kappa shape index (κ1) is 18.0. The Morgan fingerprint density at radius 2 is 2.04 bits per heavy atom. The number of rotatable bonds is 5. The molecule has 0 N–H and O–H groups in total. The van der Waals surface area contributed by atoms with Crippen LogP contribution >= 0.6 is 11.6 Å². The van der Waals surface area contributed by atoms with Gasteiger partial charge in [0.1, 0.15) is 5.65 Å². The van der Waals surface area contributed by atoms with E-state index in [9.17, 15) is 4.79 Å². The summed E-state index contributed by atoms with van der Waals surface area (Å²) < 4.78 is 12.4. The number of pyridine rings is 1. The van der Waals surface area contributed by atoms with Crippen LogP contribution in [-0.4, -0.2) is 23.1 Å². The van der Waals surface area contributed by atoms with Gasteiger partial charge in [0.15, 0.2) is 11.5 Å². The van der Waals surface area contributed by atoms with Gasteiger partial charge >= 0.3 is 0 Å². The van der Waals surface area contributed by atoms with Crippen molar-refractivity contribution < 1.29 is 9.47 Å². The summed E-state index contributed by atoms with van der Waals surface area (Å²) >= 11 is 6.42. The predicted molar refractivity (Wildman–Crippen MR) is 104 cm³/mol. The second kappa shape index (κ2) is 7.62. The summed E-state index contributed by atoms with van der Waals surface area (Å²) in [6.07, 6.45) is 3.50. The van der Waals surface area contributed by atoms with Crippen LogP contribution in [0.3, 0.4) is 0 Å². The maximum atomic E-state index is 12.3. The third-order valence-corrected chi connectivity index (χ3v) is 4.14. The molecule has 0 unspecified atom stereocenters. The Kier molecular flexibility index (Phi) is 5.28. The zero-order valence-electron chi connectivity index (χ0n) is 14.8. The average molecular weight is 371 g/mol. The molecule has 0 fully saturated rings. The lowest BCUT2D eigenvalue weighted by molar-refractivity contribution is 0.311. The molecule has 2 heterocycles. The van der Waals surface area contributed by atoms with Gasteiger partial charge in [0.05, 0.1) is 24.4 Å². The number of fused-ring (bicyclic) bond motifs is 1. The van der Waals surface area contributed by atoms with Gasteiger partial charge < -0.3 is 9.47 Å². The van der Waals surface area contributed by atoms with Crippen molar-refractivity contribution in [1.29, 1.82) is 0 Å². The number of ether oxygens (including phenoxy) is 2. The van der Waals surface area contributed by atoms with Crippen molar-refractivity contribution >= 4 is 28.4 Å². The zero-order valence-corrected chi connectivity index (χ0v) is 15.6. The summed E-state index contributed by atoms with van der Waals surface area (Å²) in [5.74, 6) is 1.28. The maximum Gasteiger partial charge on any atom is 0.258 e. The maximum absolute atomic E-state index is 12.3. The summed E-state index contributed by atoms with van der Waals surface area (Å²) in [6, 6.07) is 10.6. The van der Waals surface area contributed by atoms with E-state index < -0.39 is 0 Å². The molecule has 2 aromatic heterocycles. The van der Waals surface area contributed by atoms with E-state index in [0.717, 1.165) is 11.1 Å². The molecule has 0 aliphatic heterocycles. The summed E-state index contributed by atoms with van der Waals surface area (Å²) in [4.78, 5) is 16.8. The van der Waals surface area contributed by atoms with Crippen molar-refractivity contribution in [3.63, 3.8) is 0 Å². The van der Waals surface area contributed by atoms with Crippen LogP contribution in [0.2, 0.25) is 0 Å². The van der Waals surface area contributed by atoms with Crippen molar-refractivity contribution in [2.75, 3.05) is 13.7 Å². The third-order valence-electron chi connectivity index (χ3n) is 3.83. The molecule has 3 rings (SSSR count). The van der Waals surface area contributed by atoms with Gasteiger partial charge in [-0.3, -0.25) is 9.20 Å². The number of benzene rings is 1. The van der Waals surface area contributed by atoms with Gasteiger partial charge in [0.2, 0.25) is 0 Å². The predicted octanol–water partition coefficient (Wildman–Crippen LogP) is 4.15.